The molecule has 0 atom stereocenters. The predicted octanol–water partition coefficient (Wildman–Crippen LogP) is 3.82. The molecule has 2 aromatic heterocycles. The van der Waals surface area contributed by atoms with Gasteiger partial charge in [-0.1, -0.05) is 60.7 Å². The van der Waals surface area contributed by atoms with E-state index in [0.717, 1.165) is 11.1 Å². The van der Waals surface area contributed by atoms with Crippen LogP contribution in [0.4, 0.5) is 5.88 Å². The second-order valence-corrected chi connectivity index (χ2v) is 6.11. The van der Waals surface area contributed by atoms with Crippen LogP contribution in [0.15, 0.2) is 82.0 Å². The zero-order valence-corrected chi connectivity index (χ0v) is 15.0. The van der Waals surface area contributed by atoms with Crippen molar-refractivity contribution in [3.63, 3.8) is 0 Å². The first-order valence-electron chi connectivity index (χ1n) is 8.72. The zero-order valence-electron chi connectivity index (χ0n) is 15.0. The van der Waals surface area contributed by atoms with Gasteiger partial charge in [-0.2, -0.15) is 10.4 Å². The zero-order chi connectivity index (χ0) is 20.2. The molecule has 0 aliphatic carbocycles. The number of aromatic nitrogens is 2. The summed E-state index contributed by atoms with van der Waals surface area (Å²) in [5.41, 5.74) is 1.92. The third kappa shape index (κ3) is 3.55. The summed E-state index contributed by atoms with van der Waals surface area (Å²) >= 11 is 0. The number of rotatable bonds is 4. The Morgan fingerprint density at radius 2 is 1.62 bits per heavy atom. The van der Waals surface area contributed by atoms with E-state index >= 15 is 0 Å². The average Bonchev–Trinajstić information content (AvgIpc) is 3.13. The van der Waals surface area contributed by atoms with Crippen molar-refractivity contribution in [2.75, 3.05) is 5.32 Å². The molecule has 0 saturated carbocycles. The second-order valence-electron chi connectivity index (χ2n) is 6.11. The van der Waals surface area contributed by atoms with Crippen LogP contribution in [0.2, 0.25) is 0 Å². The lowest BCUT2D eigenvalue weighted by Crippen LogP contribution is -2.17. The highest BCUT2D eigenvalue weighted by molar-refractivity contribution is 6.04. The number of anilines is 1. The third-order valence-corrected chi connectivity index (χ3v) is 4.26. The maximum Gasteiger partial charge on any atom is 0.278 e. The molecule has 0 aliphatic rings. The summed E-state index contributed by atoms with van der Waals surface area (Å²) in [6.07, 6.45) is 0. The van der Waals surface area contributed by atoms with Crippen molar-refractivity contribution in [1.82, 2.24) is 10.2 Å². The highest BCUT2D eigenvalue weighted by Crippen LogP contribution is 2.41. The fraction of sp³-hybridized carbons (Fsp3) is 0. The lowest BCUT2D eigenvalue weighted by atomic mass is 9.98. The van der Waals surface area contributed by atoms with E-state index in [1.807, 2.05) is 60.7 Å². The number of nitrogens with zero attached hydrogens (tertiary/aromatic N) is 2. The van der Waals surface area contributed by atoms with Gasteiger partial charge >= 0.3 is 0 Å². The van der Waals surface area contributed by atoms with Crippen molar-refractivity contribution < 1.29 is 9.21 Å². The van der Waals surface area contributed by atoms with Crippen molar-refractivity contribution in [2.45, 2.75) is 0 Å². The molecule has 0 aliphatic heterocycles. The fourth-order valence-corrected chi connectivity index (χ4v) is 2.94. The van der Waals surface area contributed by atoms with Gasteiger partial charge in [0, 0.05) is 17.2 Å². The molecular weight excluding hydrogens is 368 g/mol. The predicted molar refractivity (Wildman–Crippen MR) is 107 cm³/mol. The van der Waals surface area contributed by atoms with Gasteiger partial charge in [-0.15, -0.1) is 0 Å². The Labute approximate surface area is 165 Å². The molecule has 0 spiro atoms. The van der Waals surface area contributed by atoms with E-state index in [1.54, 1.807) is 0 Å². The smallest absolute Gasteiger partial charge is 0.278 e. The monoisotopic (exact) mass is 382 g/mol. The molecule has 29 heavy (non-hydrogen) atoms. The summed E-state index contributed by atoms with van der Waals surface area (Å²) in [5.74, 6) is -0.119. The van der Waals surface area contributed by atoms with Crippen LogP contribution in [-0.4, -0.2) is 16.1 Å². The maximum atomic E-state index is 12.5. The molecule has 0 bridgehead atoms. The quantitative estimate of drug-likeness (QED) is 0.557. The molecule has 7 nitrogen and oxygen atoms in total. The molecule has 7 heteroatoms. The minimum absolute atomic E-state index is 0.00703. The summed E-state index contributed by atoms with van der Waals surface area (Å²) in [7, 11) is 0. The lowest BCUT2D eigenvalue weighted by Gasteiger charge is -2.03. The number of aromatic amines is 1. The average molecular weight is 382 g/mol. The highest BCUT2D eigenvalue weighted by Gasteiger charge is 2.24. The van der Waals surface area contributed by atoms with E-state index in [1.165, 1.54) is 12.1 Å². The van der Waals surface area contributed by atoms with Gasteiger partial charge in [0.2, 0.25) is 5.88 Å². The van der Waals surface area contributed by atoms with Crippen molar-refractivity contribution in [3.05, 3.63) is 94.4 Å². The summed E-state index contributed by atoms with van der Waals surface area (Å²) < 4.78 is 5.94. The molecule has 4 aromatic rings. The van der Waals surface area contributed by atoms with Crippen LogP contribution >= 0.6 is 0 Å². The number of furan rings is 1. The number of benzene rings is 2. The topological polar surface area (TPSA) is 112 Å². The molecule has 2 N–H and O–H groups in total. The fourth-order valence-electron chi connectivity index (χ4n) is 2.94. The van der Waals surface area contributed by atoms with Crippen LogP contribution in [0.3, 0.4) is 0 Å². The van der Waals surface area contributed by atoms with E-state index in [4.69, 9.17) is 4.42 Å². The van der Waals surface area contributed by atoms with Gasteiger partial charge in [-0.25, -0.2) is 5.10 Å². The molecule has 1 amide bonds. The Balaban J connectivity index is 1.84. The number of H-pyrrole nitrogens is 1. The first kappa shape index (κ1) is 17.9. The van der Waals surface area contributed by atoms with Crippen LogP contribution in [-0.2, 0) is 0 Å². The Morgan fingerprint density at radius 3 is 2.21 bits per heavy atom. The molecule has 2 aromatic carbocycles. The van der Waals surface area contributed by atoms with E-state index in [2.05, 4.69) is 21.6 Å². The molecule has 2 heterocycles. The van der Waals surface area contributed by atoms with Gasteiger partial charge in [0.25, 0.3) is 11.5 Å². The molecular formula is C22H14N4O3. The SMILES string of the molecule is N#Cc1c(NC(=O)c2ccc(=O)[nH]n2)oc(-c2ccccc2)c1-c1ccccc1. The van der Waals surface area contributed by atoms with Crippen molar-refractivity contribution >= 4 is 11.8 Å². The van der Waals surface area contributed by atoms with Gasteiger partial charge in [-0.3, -0.25) is 14.9 Å². The number of amides is 1. The largest absolute Gasteiger partial charge is 0.438 e. The number of carbonyl (C=O) groups excluding carboxylic acids is 1. The van der Waals surface area contributed by atoms with Gasteiger partial charge in [0.15, 0.2) is 0 Å². The van der Waals surface area contributed by atoms with Crippen molar-refractivity contribution in [1.29, 1.82) is 5.26 Å². The van der Waals surface area contributed by atoms with Crippen molar-refractivity contribution in [3.8, 4) is 28.5 Å². The highest BCUT2D eigenvalue weighted by atomic mass is 16.4. The normalized spacial score (nSPS) is 10.3. The lowest BCUT2D eigenvalue weighted by molar-refractivity contribution is 0.101. The number of nitrogens with one attached hydrogen (secondary N) is 2. The van der Waals surface area contributed by atoms with Crippen LogP contribution in [0.1, 0.15) is 16.1 Å². The van der Waals surface area contributed by atoms with Gasteiger partial charge < -0.3 is 4.42 Å². The molecule has 140 valence electrons. The van der Waals surface area contributed by atoms with E-state index in [-0.39, 0.29) is 17.1 Å². The van der Waals surface area contributed by atoms with Crippen LogP contribution in [0.5, 0.6) is 0 Å². The first-order chi connectivity index (χ1) is 14.2. The number of nitriles is 1. The Bertz CT molecular complexity index is 1250. The summed E-state index contributed by atoms with van der Waals surface area (Å²) in [6, 6.07) is 23.3. The molecule has 0 fully saturated rings. The Hall–Kier alpha value is -4.44. The third-order valence-electron chi connectivity index (χ3n) is 4.26. The van der Waals surface area contributed by atoms with E-state index < -0.39 is 11.5 Å². The minimum Gasteiger partial charge on any atom is -0.438 e. The number of hydrogen-bond acceptors (Lipinski definition) is 5. The number of carbonyl (C=O) groups is 1. The summed E-state index contributed by atoms with van der Waals surface area (Å²) in [4.78, 5) is 23.7. The van der Waals surface area contributed by atoms with Crippen LogP contribution < -0.4 is 10.9 Å². The van der Waals surface area contributed by atoms with Crippen LogP contribution in [0.25, 0.3) is 22.5 Å². The first-order valence-corrected chi connectivity index (χ1v) is 8.72. The maximum absolute atomic E-state index is 12.5. The minimum atomic E-state index is -0.606. The summed E-state index contributed by atoms with van der Waals surface area (Å²) in [5, 5.41) is 18.3. The Kier molecular flexibility index (Phi) is 4.74. The second kappa shape index (κ2) is 7.66. The molecule has 0 unspecified atom stereocenters. The van der Waals surface area contributed by atoms with Crippen LogP contribution in [0, 0.1) is 11.3 Å². The standard InChI is InChI=1S/C22H14N4O3/c23-13-16-19(14-7-3-1-4-8-14)20(15-9-5-2-6-10-15)29-22(16)24-21(28)17-11-12-18(27)26-25-17/h1-12H,(H,24,28)(H,26,27). The van der Waals surface area contributed by atoms with Gasteiger partial charge in [0.05, 0.1) is 0 Å². The molecule has 4 rings (SSSR count). The van der Waals surface area contributed by atoms with Crippen molar-refractivity contribution in [2.24, 2.45) is 0 Å². The molecule has 0 saturated heterocycles. The van der Waals surface area contributed by atoms with E-state index in [9.17, 15) is 14.9 Å². The Morgan fingerprint density at radius 1 is 0.966 bits per heavy atom. The summed E-state index contributed by atoms with van der Waals surface area (Å²) in [6.45, 7) is 0. The van der Waals surface area contributed by atoms with E-state index in [0.29, 0.717) is 11.3 Å². The van der Waals surface area contributed by atoms with Gasteiger partial charge in [-0.05, 0) is 11.6 Å². The molecule has 0 radical (unpaired) electrons. The number of hydrogen-bond donors (Lipinski definition) is 2. The van der Waals surface area contributed by atoms with Gasteiger partial charge in [0.1, 0.15) is 23.1 Å².